The monoisotopic (exact) mass is 277 g/mol. The zero-order valence-electron chi connectivity index (χ0n) is 11.5. The number of ether oxygens (including phenoxy) is 1. The minimum atomic E-state index is -0.434. The molecule has 1 N–H and O–H groups in total. The van der Waals surface area contributed by atoms with E-state index in [9.17, 15) is 8.78 Å². The highest BCUT2D eigenvalue weighted by Crippen LogP contribution is 2.27. The zero-order valence-corrected chi connectivity index (χ0v) is 11.5. The van der Waals surface area contributed by atoms with Crippen molar-refractivity contribution in [2.75, 3.05) is 6.54 Å². The lowest BCUT2D eigenvalue weighted by molar-refractivity contribution is 0.439. The fourth-order valence-electron chi connectivity index (χ4n) is 1.92. The van der Waals surface area contributed by atoms with Gasteiger partial charge in [-0.25, -0.2) is 8.78 Å². The lowest BCUT2D eigenvalue weighted by Crippen LogP contribution is -2.17. The Morgan fingerprint density at radius 1 is 1.10 bits per heavy atom. The van der Waals surface area contributed by atoms with Gasteiger partial charge in [-0.05, 0) is 55.4 Å². The van der Waals surface area contributed by atoms with Gasteiger partial charge in [-0.15, -0.1) is 0 Å². The summed E-state index contributed by atoms with van der Waals surface area (Å²) in [7, 11) is 0. The Hall–Kier alpha value is -1.94. The molecule has 106 valence electrons. The molecule has 0 aliphatic rings. The molecule has 0 saturated carbocycles. The molecule has 0 spiro atoms. The average molecular weight is 277 g/mol. The second-order valence-corrected chi connectivity index (χ2v) is 4.53. The highest BCUT2D eigenvalue weighted by atomic mass is 19.1. The first kappa shape index (κ1) is 14.5. The largest absolute Gasteiger partial charge is 0.454 e. The Kier molecular flexibility index (Phi) is 4.69. The van der Waals surface area contributed by atoms with E-state index in [4.69, 9.17) is 4.74 Å². The maximum atomic E-state index is 14.0. The second-order valence-electron chi connectivity index (χ2n) is 4.53. The van der Waals surface area contributed by atoms with Gasteiger partial charge in [-0.1, -0.05) is 13.0 Å². The lowest BCUT2D eigenvalue weighted by Gasteiger charge is -2.14. The summed E-state index contributed by atoms with van der Waals surface area (Å²) in [5.41, 5.74) is 0.857. The highest BCUT2D eigenvalue weighted by molar-refractivity contribution is 5.35. The van der Waals surface area contributed by atoms with Crippen LogP contribution in [0.4, 0.5) is 8.78 Å². The van der Waals surface area contributed by atoms with Crippen molar-refractivity contribution in [2.24, 2.45) is 0 Å². The van der Waals surface area contributed by atoms with E-state index in [1.54, 1.807) is 6.07 Å². The zero-order chi connectivity index (χ0) is 14.5. The minimum Gasteiger partial charge on any atom is -0.454 e. The van der Waals surface area contributed by atoms with Gasteiger partial charge in [0.15, 0.2) is 11.6 Å². The summed E-state index contributed by atoms with van der Waals surface area (Å²) in [6.07, 6.45) is 0. The third-order valence-corrected chi connectivity index (χ3v) is 3.01. The van der Waals surface area contributed by atoms with Crippen molar-refractivity contribution in [1.82, 2.24) is 5.32 Å². The van der Waals surface area contributed by atoms with E-state index in [1.165, 1.54) is 30.3 Å². The van der Waals surface area contributed by atoms with Gasteiger partial charge < -0.3 is 10.1 Å². The smallest absolute Gasteiger partial charge is 0.166 e. The average Bonchev–Trinajstić information content (AvgIpc) is 2.43. The van der Waals surface area contributed by atoms with E-state index >= 15 is 0 Å². The van der Waals surface area contributed by atoms with Gasteiger partial charge in [0.1, 0.15) is 11.6 Å². The van der Waals surface area contributed by atoms with Crippen LogP contribution < -0.4 is 10.1 Å². The summed E-state index contributed by atoms with van der Waals surface area (Å²) in [6.45, 7) is 4.79. The molecule has 0 aliphatic carbocycles. The summed E-state index contributed by atoms with van der Waals surface area (Å²) >= 11 is 0. The van der Waals surface area contributed by atoms with Crippen molar-refractivity contribution in [1.29, 1.82) is 0 Å². The molecule has 0 heterocycles. The third kappa shape index (κ3) is 3.54. The molecular weight excluding hydrogens is 260 g/mol. The molecule has 2 nitrogen and oxygen atoms in total. The SMILES string of the molecule is CCNC(C)c1ccc(Oc2ccc(F)cc2)c(F)c1. The Morgan fingerprint density at radius 2 is 1.80 bits per heavy atom. The molecule has 2 rings (SSSR count). The quantitative estimate of drug-likeness (QED) is 0.873. The molecule has 1 atom stereocenters. The fraction of sp³-hybridized carbons (Fsp3) is 0.250. The summed E-state index contributed by atoms with van der Waals surface area (Å²) in [5, 5.41) is 3.22. The molecule has 1 unspecified atom stereocenters. The Morgan fingerprint density at radius 3 is 2.40 bits per heavy atom. The van der Waals surface area contributed by atoms with Crippen LogP contribution in [0, 0.1) is 11.6 Å². The van der Waals surface area contributed by atoms with Crippen LogP contribution in [0.2, 0.25) is 0 Å². The third-order valence-electron chi connectivity index (χ3n) is 3.01. The molecule has 0 aromatic heterocycles. The maximum absolute atomic E-state index is 14.0. The molecule has 2 aromatic rings. The number of hydrogen-bond acceptors (Lipinski definition) is 2. The van der Waals surface area contributed by atoms with Crippen molar-refractivity contribution >= 4 is 0 Å². The fourth-order valence-corrected chi connectivity index (χ4v) is 1.92. The number of hydrogen-bond donors (Lipinski definition) is 1. The molecule has 4 heteroatoms. The van der Waals surface area contributed by atoms with E-state index in [1.807, 2.05) is 19.9 Å². The molecule has 0 saturated heterocycles. The molecule has 0 radical (unpaired) electrons. The van der Waals surface area contributed by atoms with Crippen molar-refractivity contribution in [3.8, 4) is 11.5 Å². The standard InChI is InChI=1S/C16H17F2NO/c1-3-19-11(2)12-4-9-16(15(18)10-12)20-14-7-5-13(17)6-8-14/h4-11,19H,3H2,1-2H3. The van der Waals surface area contributed by atoms with E-state index < -0.39 is 5.82 Å². The van der Waals surface area contributed by atoms with E-state index in [0.717, 1.165) is 12.1 Å². The van der Waals surface area contributed by atoms with Crippen molar-refractivity contribution in [3.05, 3.63) is 59.7 Å². The normalized spacial score (nSPS) is 12.2. The Balaban J connectivity index is 2.15. The first-order valence-electron chi connectivity index (χ1n) is 6.56. The number of benzene rings is 2. The van der Waals surface area contributed by atoms with Crippen molar-refractivity contribution in [2.45, 2.75) is 19.9 Å². The molecule has 0 amide bonds. The van der Waals surface area contributed by atoms with Crippen LogP contribution in [0.5, 0.6) is 11.5 Å². The van der Waals surface area contributed by atoms with Gasteiger partial charge >= 0.3 is 0 Å². The predicted molar refractivity (Wildman–Crippen MR) is 75.0 cm³/mol. The molecule has 20 heavy (non-hydrogen) atoms. The van der Waals surface area contributed by atoms with Crippen LogP contribution in [0.25, 0.3) is 0 Å². The van der Waals surface area contributed by atoms with Crippen molar-refractivity contribution in [3.63, 3.8) is 0 Å². The van der Waals surface area contributed by atoms with E-state index in [0.29, 0.717) is 5.75 Å². The Bertz CT molecular complexity index is 569. The minimum absolute atomic E-state index is 0.0781. The summed E-state index contributed by atoms with van der Waals surface area (Å²) < 4.78 is 32.2. The lowest BCUT2D eigenvalue weighted by atomic mass is 10.1. The number of halogens is 2. The van der Waals surface area contributed by atoms with Gasteiger partial charge in [0.2, 0.25) is 0 Å². The maximum Gasteiger partial charge on any atom is 0.166 e. The second kappa shape index (κ2) is 6.48. The molecule has 0 fully saturated rings. The molecule has 2 aromatic carbocycles. The van der Waals surface area contributed by atoms with Gasteiger partial charge in [0, 0.05) is 6.04 Å². The van der Waals surface area contributed by atoms with Gasteiger partial charge in [0.05, 0.1) is 0 Å². The van der Waals surface area contributed by atoms with Gasteiger partial charge in [0.25, 0.3) is 0 Å². The van der Waals surface area contributed by atoms with E-state index in [-0.39, 0.29) is 17.6 Å². The molecular formula is C16H17F2NO. The highest BCUT2D eigenvalue weighted by Gasteiger charge is 2.10. The van der Waals surface area contributed by atoms with Crippen LogP contribution in [0.3, 0.4) is 0 Å². The first-order valence-corrected chi connectivity index (χ1v) is 6.56. The number of rotatable bonds is 5. The van der Waals surface area contributed by atoms with E-state index in [2.05, 4.69) is 5.32 Å². The summed E-state index contributed by atoms with van der Waals surface area (Å²) in [4.78, 5) is 0. The van der Waals surface area contributed by atoms with Crippen LogP contribution in [-0.4, -0.2) is 6.54 Å². The number of nitrogens with one attached hydrogen (secondary N) is 1. The Labute approximate surface area is 117 Å². The van der Waals surface area contributed by atoms with Gasteiger partial charge in [-0.2, -0.15) is 0 Å². The predicted octanol–water partition coefficient (Wildman–Crippen LogP) is 4.43. The van der Waals surface area contributed by atoms with Crippen LogP contribution in [-0.2, 0) is 0 Å². The van der Waals surface area contributed by atoms with Crippen LogP contribution >= 0.6 is 0 Å². The first-order chi connectivity index (χ1) is 9.60. The van der Waals surface area contributed by atoms with Crippen molar-refractivity contribution < 1.29 is 13.5 Å². The van der Waals surface area contributed by atoms with Gasteiger partial charge in [-0.3, -0.25) is 0 Å². The summed E-state index contributed by atoms with van der Waals surface area (Å²) in [6, 6.07) is 10.4. The van der Waals surface area contributed by atoms with Crippen LogP contribution in [0.15, 0.2) is 42.5 Å². The summed E-state index contributed by atoms with van der Waals surface area (Å²) in [5.74, 6) is -0.258. The van der Waals surface area contributed by atoms with Crippen LogP contribution in [0.1, 0.15) is 25.5 Å². The topological polar surface area (TPSA) is 21.3 Å². The molecule has 0 aliphatic heterocycles. The molecule has 0 bridgehead atoms.